The Bertz CT molecular complexity index is 1200. The number of carbonyl (C=O) groups is 2. The molecule has 0 radical (unpaired) electrons. The Morgan fingerprint density at radius 1 is 0.750 bits per heavy atom. The molecule has 4 nitrogen and oxygen atoms in total. The van der Waals surface area contributed by atoms with Crippen molar-refractivity contribution in [3.05, 3.63) is 142 Å². The van der Waals surface area contributed by atoms with Crippen LogP contribution in [-0.4, -0.2) is 25.0 Å². The molecule has 0 saturated carbocycles. The first kappa shape index (κ1) is 25.4. The largest absolute Gasteiger partial charge is 0.467 e. The molecule has 0 spiro atoms. The van der Waals surface area contributed by atoms with E-state index in [2.05, 4.69) is 21.2 Å². The number of nitrogens with one attached hydrogen (secondary N) is 1. The van der Waals surface area contributed by atoms with Crippen molar-refractivity contribution in [2.24, 2.45) is 0 Å². The molecular formula is C31H28BrNO3. The van der Waals surface area contributed by atoms with E-state index < -0.39 is 17.4 Å². The van der Waals surface area contributed by atoms with Gasteiger partial charge in [-0.15, -0.1) is 0 Å². The van der Waals surface area contributed by atoms with Gasteiger partial charge >= 0.3 is 5.97 Å². The highest BCUT2D eigenvalue weighted by Gasteiger charge is 2.39. The van der Waals surface area contributed by atoms with E-state index in [0.29, 0.717) is 6.42 Å². The molecule has 4 aromatic carbocycles. The van der Waals surface area contributed by atoms with Crippen molar-refractivity contribution < 1.29 is 14.3 Å². The molecule has 36 heavy (non-hydrogen) atoms. The monoisotopic (exact) mass is 541 g/mol. The quantitative estimate of drug-likeness (QED) is 0.206. The standard InChI is InChI=1S/C31H28BrNO3/c1-36-30(35)28(21-23-13-11-12-20-27(23)32)33-29(34)22-31(24-14-5-2-6-15-24,25-16-7-3-8-17-25)26-18-9-4-10-19-26/h2-20,28H,21-22H2,1H3,(H,33,34)/t28-/m1/s1. The maximum Gasteiger partial charge on any atom is 0.328 e. The number of amides is 1. The number of rotatable bonds is 9. The molecule has 1 atom stereocenters. The van der Waals surface area contributed by atoms with Gasteiger partial charge in [0.05, 0.1) is 12.5 Å². The van der Waals surface area contributed by atoms with E-state index in [1.165, 1.54) is 7.11 Å². The smallest absolute Gasteiger partial charge is 0.328 e. The highest BCUT2D eigenvalue weighted by Crippen LogP contribution is 2.42. The molecule has 4 aromatic rings. The summed E-state index contributed by atoms with van der Waals surface area (Å²) in [7, 11) is 1.34. The van der Waals surface area contributed by atoms with Gasteiger partial charge in [-0.1, -0.05) is 125 Å². The molecule has 0 aliphatic carbocycles. The summed E-state index contributed by atoms with van der Waals surface area (Å²) < 4.78 is 5.92. The molecule has 0 bridgehead atoms. The highest BCUT2D eigenvalue weighted by molar-refractivity contribution is 9.10. The van der Waals surface area contributed by atoms with Crippen molar-refractivity contribution in [2.45, 2.75) is 24.3 Å². The second-order valence-corrected chi connectivity index (χ2v) is 9.47. The molecule has 0 saturated heterocycles. The lowest BCUT2D eigenvalue weighted by Crippen LogP contribution is -2.46. The zero-order chi connectivity index (χ0) is 25.4. The van der Waals surface area contributed by atoms with E-state index in [1.807, 2.05) is 115 Å². The first-order valence-corrected chi connectivity index (χ1v) is 12.6. The number of methoxy groups -OCH3 is 1. The van der Waals surface area contributed by atoms with Gasteiger partial charge in [0, 0.05) is 17.3 Å². The van der Waals surface area contributed by atoms with E-state index in [9.17, 15) is 9.59 Å². The van der Waals surface area contributed by atoms with Crippen LogP contribution in [0.1, 0.15) is 28.7 Å². The lowest BCUT2D eigenvalue weighted by Gasteiger charge is -2.36. The molecule has 1 amide bonds. The van der Waals surface area contributed by atoms with Gasteiger partial charge in [-0.05, 0) is 28.3 Å². The normalized spacial score (nSPS) is 11.9. The maximum absolute atomic E-state index is 13.8. The Hall–Kier alpha value is -3.70. The molecule has 0 aliphatic rings. The number of benzene rings is 4. The number of esters is 1. The fourth-order valence-electron chi connectivity index (χ4n) is 4.68. The predicted molar refractivity (Wildman–Crippen MR) is 146 cm³/mol. The highest BCUT2D eigenvalue weighted by atomic mass is 79.9. The van der Waals surface area contributed by atoms with E-state index in [-0.39, 0.29) is 12.3 Å². The number of hydrogen-bond donors (Lipinski definition) is 1. The van der Waals surface area contributed by atoms with E-state index in [4.69, 9.17) is 4.74 Å². The van der Waals surface area contributed by atoms with Crippen molar-refractivity contribution in [1.82, 2.24) is 5.32 Å². The number of hydrogen-bond acceptors (Lipinski definition) is 3. The average molecular weight is 542 g/mol. The van der Waals surface area contributed by atoms with Gasteiger partial charge in [-0.3, -0.25) is 4.79 Å². The minimum Gasteiger partial charge on any atom is -0.467 e. The SMILES string of the molecule is COC(=O)[C@@H](Cc1ccccc1Br)NC(=O)CC(c1ccccc1)(c1ccccc1)c1ccccc1. The fourth-order valence-corrected chi connectivity index (χ4v) is 5.13. The maximum atomic E-state index is 13.8. The summed E-state index contributed by atoms with van der Waals surface area (Å²) in [5, 5.41) is 2.97. The fraction of sp³-hybridized carbons (Fsp3) is 0.161. The van der Waals surface area contributed by atoms with Crippen LogP contribution in [0.3, 0.4) is 0 Å². The summed E-state index contributed by atoms with van der Waals surface area (Å²) in [5.41, 5.74) is 3.16. The summed E-state index contributed by atoms with van der Waals surface area (Å²) >= 11 is 3.54. The molecule has 5 heteroatoms. The van der Waals surface area contributed by atoms with Crippen LogP contribution in [0.15, 0.2) is 120 Å². The van der Waals surface area contributed by atoms with E-state index in [1.54, 1.807) is 0 Å². The van der Waals surface area contributed by atoms with Crippen molar-refractivity contribution >= 4 is 27.8 Å². The van der Waals surface area contributed by atoms with Gasteiger partial charge < -0.3 is 10.1 Å². The Balaban J connectivity index is 1.74. The zero-order valence-corrected chi connectivity index (χ0v) is 21.6. The molecular weight excluding hydrogens is 514 g/mol. The molecule has 182 valence electrons. The van der Waals surface area contributed by atoms with Crippen LogP contribution >= 0.6 is 15.9 Å². The van der Waals surface area contributed by atoms with Crippen LogP contribution in [0, 0.1) is 0 Å². The van der Waals surface area contributed by atoms with E-state index in [0.717, 1.165) is 26.7 Å². The van der Waals surface area contributed by atoms with Gasteiger partial charge in [0.1, 0.15) is 6.04 Å². The lowest BCUT2D eigenvalue weighted by atomic mass is 9.67. The van der Waals surface area contributed by atoms with Crippen LogP contribution < -0.4 is 5.32 Å². The molecule has 0 heterocycles. The van der Waals surface area contributed by atoms with Crippen LogP contribution in [-0.2, 0) is 26.2 Å². The third-order valence-corrected chi connectivity index (χ3v) is 7.20. The number of halogens is 1. The molecule has 0 fully saturated rings. The lowest BCUT2D eigenvalue weighted by molar-refractivity contribution is -0.145. The Kier molecular flexibility index (Phi) is 8.34. The predicted octanol–water partition coefficient (Wildman–Crippen LogP) is 6.07. The second-order valence-electron chi connectivity index (χ2n) is 8.62. The average Bonchev–Trinajstić information content (AvgIpc) is 2.93. The summed E-state index contributed by atoms with van der Waals surface area (Å²) in [6, 6.07) is 36.9. The Morgan fingerprint density at radius 2 is 1.19 bits per heavy atom. The van der Waals surface area contributed by atoms with Crippen LogP contribution in [0.2, 0.25) is 0 Å². The van der Waals surface area contributed by atoms with Crippen molar-refractivity contribution in [2.75, 3.05) is 7.11 Å². The summed E-state index contributed by atoms with van der Waals surface area (Å²) in [6.07, 6.45) is 0.434. The van der Waals surface area contributed by atoms with Crippen molar-refractivity contribution in [3.63, 3.8) is 0 Å². The topological polar surface area (TPSA) is 55.4 Å². The van der Waals surface area contributed by atoms with Gasteiger partial charge in [0.25, 0.3) is 0 Å². The first-order valence-electron chi connectivity index (χ1n) is 11.8. The minimum absolute atomic E-state index is 0.120. The van der Waals surface area contributed by atoms with Crippen LogP contribution in [0.5, 0.6) is 0 Å². The third kappa shape index (κ3) is 5.58. The van der Waals surface area contributed by atoms with Crippen LogP contribution in [0.25, 0.3) is 0 Å². The summed E-state index contributed by atoms with van der Waals surface area (Å²) in [6.45, 7) is 0. The summed E-state index contributed by atoms with van der Waals surface area (Å²) in [4.78, 5) is 26.4. The van der Waals surface area contributed by atoms with Gasteiger partial charge in [-0.2, -0.15) is 0 Å². The van der Waals surface area contributed by atoms with E-state index >= 15 is 0 Å². The summed E-state index contributed by atoms with van der Waals surface area (Å²) in [5.74, 6) is -0.724. The molecule has 0 aliphatic heterocycles. The molecule has 0 unspecified atom stereocenters. The second kappa shape index (κ2) is 11.8. The molecule has 4 rings (SSSR count). The van der Waals surface area contributed by atoms with Gasteiger partial charge in [0.2, 0.25) is 5.91 Å². The third-order valence-electron chi connectivity index (χ3n) is 6.43. The molecule has 0 aromatic heterocycles. The molecule has 1 N–H and O–H groups in total. The van der Waals surface area contributed by atoms with Crippen molar-refractivity contribution in [1.29, 1.82) is 0 Å². The Morgan fingerprint density at radius 3 is 1.64 bits per heavy atom. The minimum atomic E-state index is -0.818. The zero-order valence-electron chi connectivity index (χ0n) is 20.1. The van der Waals surface area contributed by atoms with Gasteiger partial charge in [0.15, 0.2) is 0 Å². The Labute approximate surface area is 220 Å². The number of ether oxygens (including phenoxy) is 1. The van der Waals surface area contributed by atoms with Crippen LogP contribution in [0.4, 0.5) is 0 Å². The number of carbonyl (C=O) groups excluding carboxylic acids is 2. The van der Waals surface area contributed by atoms with Crippen molar-refractivity contribution in [3.8, 4) is 0 Å². The van der Waals surface area contributed by atoms with Gasteiger partial charge in [-0.25, -0.2) is 4.79 Å². The first-order chi connectivity index (χ1) is 17.5.